The van der Waals surface area contributed by atoms with Crippen LogP contribution in [-0.4, -0.2) is 82.5 Å². The first kappa shape index (κ1) is 23.2. The van der Waals surface area contributed by atoms with Gasteiger partial charge in [-0.2, -0.15) is 4.98 Å². The van der Waals surface area contributed by atoms with Gasteiger partial charge in [0.2, 0.25) is 23.5 Å². The summed E-state index contributed by atoms with van der Waals surface area (Å²) in [6.45, 7) is 8.65. The number of benzene rings is 1. The second kappa shape index (κ2) is 11.2. The predicted molar refractivity (Wildman–Crippen MR) is 119 cm³/mol. The van der Waals surface area contributed by atoms with Gasteiger partial charge in [-0.15, -0.1) is 0 Å². The number of hydrogen-bond acceptors (Lipinski definition) is 6. The number of carbonyl (C=O) groups is 2. The van der Waals surface area contributed by atoms with E-state index >= 15 is 0 Å². The lowest BCUT2D eigenvalue weighted by atomic mass is 10.2. The zero-order chi connectivity index (χ0) is 22.2. The van der Waals surface area contributed by atoms with Crippen molar-refractivity contribution in [2.24, 2.45) is 0 Å². The van der Waals surface area contributed by atoms with Crippen LogP contribution in [0.3, 0.4) is 0 Å². The molecule has 2 heterocycles. The molecular formula is C22H30ClN5O3. The molecule has 168 valence electrons. The van der Waals surface area contributed by atoms with Crippen molar-refractivity contribution in [1.29, 1.82) is 0 Å². The molecular weight excluding hydrogens is 418 g/mol. The average Bonchev–Trinajstić information content (AvgIpc) is 3.24. The summed E-state index contributed by atoms with van der Waals surface area (Å²) >= 11 is 5.90. The van der Waals surface area contributed by atoms with Gasteiger partial charge in [0.25, 0.3) is 0 Å². The van der Waals surface area contributed by atoms with Crippen molar-refractivity contribution in [3.05, 3.63) is 35.2 Å². The summed E-state index contributed by atoms with van der Waals surface area (Å²) in [5.41, 5.74) is 0.841. The molecule has 0 bridgehead atoms. The molecule has 0 N–H and O–H groups in total. The first-order chi connectivity index (χ1) is 15.0. The lowest BCUT2D eigenvalue weighted by molar-refractivity contribution is -0.135. The molecule has 0 saturated carbocycles. The Labute approximate surface area is 188 Å². The normalized spacial score (nSPS) is 14.6. The van der Waals surface area contributed by atoms with Crippen molar-refractivity contribution < 1.29 is 14.1 Å². The summed E-state index contributed by atoms with van der Waals surface area (Å²) in [6, 6.07) is 7.25. The van der Waals surface area contributed by atoms with Crippen LogP contribution in [0.1, 0.15) is 32.6 Å². The van der Waals surface area contributed by atoms with Gasteiger partial charge in [0.05, 0.1) is 6.54 Å². The van der Waals surface area contributed by atoms with Crippen LogP contribution in [-0.2, 0) is 16.0 Å². The van der Waals surface area contributed by atoms with E-state index in [0.717, 1.165) is 31.7 Å². The van der Waals surface area contributed by atoms with Crippen LogP contribution < -0.4 is 0 Å². The highest BCUT2D eigenvalue weighted by atomic mass is 35.5. The molecule has 9 heteroatoms. The van der Waals surface area contributed by atoms with Gasteiger partial charge in [0, 0.05) is 62.7 Å². The van der Waals surface area contributed by atoms with E-state index in [2.05, 4.69) is 15.0 Å². The number of likely N-dealkylation sites (N-methyl/N-ethyl adjacent to an activating group) is 1. The van der Waals surface area contributed by atoms with E-state index < -0.39 is 0 Å². The molecule has 1 aliphatic rings. The molecule has 3 rings (SSSR count). The van der Waals surface area contributed by atoms with Gasteiger partial charge in [-0.05, 0) is 44.5 Å². The molecule has 8 nitrogen and oxygen atoms in total. The Hall–Kier alpha value is -2.45. The summed E-state index contributed by atoms with van der Waals surface area (Å²) in [5.74, 6) is 1.33. The fourth-order valence-electron chi connectivity index (χ4n) is 3.64. The molecule has 1 saturated heterocycles. The number of amides is 2. The highest BCUT2D eigenvalue weighted by Crippen LogP contribution is 2.19. The van der Waals surface area contributed by atoms with Crippen molar-refractivity contribution in [1.82, 2.24) is 24.8 Å². The van der Waals surface area contributed by atoms with E-state index in [1.54, 1.807) is 12.1 Å². The summed E-state index contributed by atoms with van der Waals surface area (Å²) in [4.78, 5) is 35.0. The van der Waals surface area contributed by atoms with Gasteiger partial charge in [0.15, 0.2) is 0 Å². The van der Waals surface area contributed by atoms with Crippen molar-refractivity contribution in [2.75, 3.05) is 45.8 Å². The zero-order valence-electron chi connectivity index (χ0n) is 18.2. The Kier molecular flexibility index (Phi) is 8.43. The standard InChI is InChI=1S/C22H30ClN5O3/c1-3-27(4-2)21(30)16-26-12-14-28(15-13-26)20(29)7-5-6-19-24-22(25-31-19)17-8-10-18(23)11-9-17/h8-11H,3-7,12-16H2,1-2H3. The van der Waals surface area contributed by atoms with Crippen molar-refractivity contribution in [2.45, 2.75) is 33.1 Å². The molecule has 1 fully saturated rings. The minimum atomic E-state index is 0.132. The van der Waals surface area contributed by atoms with Gasteiger partial charge >= 0.3 is 0 Å². The van der Waals surface area contributed by atoms with E-state index in [1.807, 2.05) is 35.8 Å². The zero-order valence-corrected chi connectivity index (χ0v) is 19.0. The number of hydrogen-bond donors (Lipinski definition) is 0. The fraction of sp³-hybridized carbons (Fsp3) is 0.545. The number of piperazine rings is 1. The monoisotopic (exact) mass is 447 g/mol. The highest BCUT2D eigenvalue weighted by Gasteiger charge is 2.23. The second-order valence-electron chi connectivity index (χ2n) is 7.60. The quantitative estimate of drug-likeness (QED) is 0.587. The lowest BCUT2D eigenvalue weighted by Gasteiger charge is -2.35. The Bertz CT molecular complexity index is 858. The first-order valence-electron chi connectivity index (χ1n) is 10.9. The third-order valence-electron chi connectivity index (χ3n) is 5.55. The Morgan fingerprint density at radius 3 is 2.42 bits per heavy atom. The number of nitrogens with zero attached hydrogens (tertiary/aromatic N) is 5. The van der Waals surface area contributed by atoms with E-state index in [0.29, 0.717) is 55.6 Å². The lowest BCUT2D eigenvalue weighted by Crippen LogP contribution is -2.51. The molecule has 0 radical (unpaired) electrons. The fourth-order valence-corrected chi connectivity index (χ4v) is 3.77. The predicted octanol–water partition coefficient (Wildman–Crippen LogP) is 2.73. The molecule has 1 aromatic carbocycles. The van der Waals surface area contributed by atoms with E-state index in [4.69, 9.17) is 16.1 Å². The summed E-state index contributed by atoms with van der Waals surface area (Å²) in [7, 11) is 0. The summed E-state index contributed by atoms with van der Waals surface area (Å²) in [5, 5.41) is 4.65. The molecule has 0 atom stereocenters. The molecule has 1 aromatic heterocycles. The van der Waals surface area contributed by atoms with Crippen LogP contribution in [0, 0.1) is 0 Å². The van der Waals surface area contributed by atoms with Gasteiger partial charge in [-0.25, -0.2) is 0 Å². The van der Waals surface area contributed by atoms with Crippen LogP contribution >= 0.6 is 11.6 Å². The smallest absolute Gasteiger partial charge is 0.236 e. The van der Waals surface area contributed by atoms with Gasteiger partial charge in [0.1, 0.15) is 0 Å². The third kappa shape index (κ3) is 6.51. The molecule has 1 aliphatic heterocycles. The minimum absolute atomic E-state index is 0.132. The summed E-state index contributed by atoms with van der Waals surface area (Å²) < 4.78 is 5.30. The van der Waals surface area contributed by atoms with Gasteiger partial charge in [-0.1, -0.05) is 16.8 Å². The molecule has 0 aliphatic carbocycles. The van der Waals surface area contributed by atoms with Crippen LogP contribution in [0.25, 0.3) is 11.4 Å². The number of aromatic nitrogens is 2. The topological polar surface area (TPSA) is 82.8 Å². The maximum atomic E-state index is 12.5. The maximum absolute atomic E-state index is 12.5. The van der Waals surface area contributed by atoms with E-state index in [-0.39, 0.29) is 11.8 Å². The Morgan fingerprint density at radius 1 is 1.10 bits per heavy atom. The molecule has 0 unspecified atom stereocenters. The molecule has 31 heavy (non-hydrogen) atoms. The van der Waals surface area contributed by atoms with Crippen LogP contribution in [0.4, 0.5) is 0 Å². The average molecular weight is 448 g/mol. The molecule has 2 amide bonds. The van der Waals surface area contributed by atoms with E-state index in [1.165, 1.54) is 0 Å². The SMILES string of the molecule is CCN(CC)C(=O)CN1CCN(C(=O)CCCc2nc(-c3ccc(Cl)cc3)no2)CC1. The first-order valence-corrected chi connectivity index (χ1v) is 11.2. The number of halogens is 1. The van der Waals surface area contributed by atoms with Crippen LogP contribution in [0.5, 0.6) is 0 Å². The van der Waals surface area contributed by atoms with Crippen LogP contribution in [0.2, 0.25) is 5.02 Å². The highest BCUT2D eigenvalue weighted by molar-refractivity contribution is 6.30. The second-order valence-corrected chi connectivity index (χ2v) is 8.03. The van der Waals surface area contributed by atoms with E-state index in [9.17, 15) is 9.59 Å². The third-order valence-corrected chi connectivity index (χ3v) is 5.80. The van der Waals surface area contributed by atoms with Gasteiger partial charge in [-0.3, -0.25) is 14.5 Å². The maximum Gasteiger partial charge on any atom is 0.236 e. The van der Waals surface area contributed by atoms with Crippen molar-refractivity contribution in [3.8, 4) is 11.4 Å². The molecule has 0 spiro atoms. The minimum Gasteiger partial charge on any atom is -0.342 e. The van der Waals surface area contributed by atoms with Crippen molar-refractivity contribution >= 4 is 23.4 Å². The molecule has 2 aromatic rings. The largest absolute Gasteiger partial charge is 0.342 e. The van der Waals surface area contributed by atoms with Crippen molar-refractivity contribution in [3.63, 3.8) is 0 Å². The Balaban J connectivity index is 1.38. The van der Waals surface area contributed by atoms with Crippen LogP contribution in [0.15, 0.2) is 28.8 Å². The number of carbonyl (C=O) groups excluding carboxylic acids is 2. The van der Waals surface area contributed by atoms with Gasteiger partial charge < -0.3 is 14.3 Å². The number of rotatable bonds is 9. The Morgan fingerprint density at radius 2 is 1.77 bits per heavy atom. The summed E-state index contributed by atoms with van der Waals surface area (Å²) in [6.07, 6.45) is 1.66. The number of aryl methyl sites for hydroxylation is 1.